The van der Waals surface area contributed by atoms with E-state index in [1.165, 1.54) is 18.5 Å². The topological polar surface area (TPSA) is 110 Å². The summed E-state index contributed by atoms with van der Waals surface area (Å²) in [6.45, 7) is 0. The van der Waals surface area contributed by atoms with Gasteiger partial charge in [0.05, 0.1) is 12.5 Å². The molecule has 0 radical (unpaired) electrons. The van der Waals surface area contributed by atoms with Crippen LogP contribution in [0, 0.1) is 0 Å². The molecule has 2 amide bonds. The van der Waals surface area contributed by atoms with Crippen LogP contribution in [0.4, 0.5) is 5.69 Å². The van der Waals surface area contributed by atoms with Crippen molar-refractivity contribution in [3.8, 4) is 5.75 Å². The molecule has 0 saturated carbocycles. The van der Waals surface area contributed by atoms with E-state index in [4.69, 9.17) is 9.15 Å². The monoisotopic (exact) mass is 455 g/mol. The van der Waals surface area contributed by atoms with Crippen LogP contribution in [0.2, 0.25) is 0 Å². The number of halogens is 1. The van der Waals surface area contributed by atoms with Crippen molar-refractivity contribution in [2.45, 2.75) is 0 Å². The summed E-state index contributed by atoms with van der Waals surface area (Å²) in [5, 5.41) is 6.19. The van der Waals surface area contributed by atoms with Crippen LogP contribution >= 0.6 is 15.9 Å². The second-order valence-corrected chi connectivity index (χ2v) is 6.48. The second-order valence-electron chi connectivity index (χ2n) is 5.56. The average molecular weight is 456 g/mol. The molecule has 2 aromatic carbocycles. The molecular weight excluding hydrogens is 442 g/mol. The molecular formula is C20H14BrN3O5. The SMILES string of the molecule is O=C(N/N=C/c1ccccc1OC(=O)c1ccco1)C(=O)Nc1ccc(Br)cc1. The number of para-hydroxylation sites is 1. The number of rotatable bonds is 5. The summed E-state index contributed by atoms with van der Waals surface area (Å²) in [7, 11) is 0. The lowest BCUT2D eigenvalue weighted by atomic mass is 10.2. The summed E-state index contributed by atoms with van der Waals surface area (Å²) in [4.78, 5) is 35.8. The summed E-state index contributed by atoms with van der Waals surface area (Å²) >= 11 is 3.28. The number of anilines is 1. The fourth-order valence-corrected chi connectivity index (χ4v) is 2.42. The van der Waals surface area contributed by atoms with Crippen LogP contribution in [0.25, 0.3) is 0 Å². The van der Waals surface area contributed by atoms with Crippen molar-refractivity contribution in [2.75, 3.05) is 5.32 Å². The quantitative estimate of drug-likeness (QED) is 0.201. The van der Waals surface area contributed by atoms with Gasteiger partial charge in [0, 0.05) is 15.7 Å². The third-order valence-corrected chi connectivity index (χ3v) is 4.05. The van der Waals surface area contributed by atoms with Crippen LogP contribution in [-0.2, 0) is 9.59 Å². The van der Waals surface area contributed by atoms with Gasteiger partial charge < -0.3 is 14.5 Å². The van der Waals surface area contributed by atoms with E-state index >= 15 is 0 Å². The van der Waals surface area contributed by atoms with Crippen molar-refractivity contribution in [3.05, 3.63) is 82.7 Å². The minimum Gasteiger partial charge on any atom is -0.457 e. The molecule has 0 aliphatic carbocycles. The average Bonchev–Trinajstić information content (AvgIpc) is 3.26. The Hall–Kier alpha value is -3.72. The maximum Gasteiger partial charge on any atom is 0.379 e. The van der Waals surface area contributed by atoms with Crippen LogP contribution in [0.1, 0.15) is 16.1 Å². The molecule has 0 saturated heterocycles. The number of hydrogen-bond donors (Lipinski definition) is 2. The number of nitrogens with one attached hydrogen (secondary N) is 2. The zero-order chi connectivity index (χ0) is 20.6. The van der Waals surface area contributed by atoms with Crippen LogP contribution in [0.3, 0.4) is 0 Å². The summed E-state index contributed by atoms with van der Waals surface area (Å²) in [5.74, 6) is -2.23. The molecule has 0 aliphatic heterocycles. The molecule has 29 heavy (non-hydrogen) atoms. The summed E-state index contributed by atoms with van der Waals surface area (Å²) in [6.07, 6.45) is 2.62. The van der Waals surface area contributed by atoms with Crippen LogP contribution in [-0.4, -0.2) is 24.0 Å². The van der Waals surface area contributed by atoms with Crippen LogP contribution in [0.5, 0.6) is 5.75 Å². The summed E-state index contributed by atoms with van der Waals surface area (Å²) in [5.41, 5.74) is 3.00. The van der Waals surface area contributed by atoms with Gasteiger partial charge >= 0.3 is 17.8 Å². The Balaban J connectivity index is 1.59. The van der Waals surface area contributed by atoms with E-state index in [2.05, 4.69) is 31.8 Å². The highest BCUT2D eigenvalue weighted by Gasteiger charge is 2.14. The number of hydrogen-bond acceptors (Lipinski definition) is 6. The Morgan fingerprint density at radius 2 is 1.72 bits per heavy atom. The molecule has 0 spiro atoms. The van der Waals surface area contributed by atoms with E-state index in [0.717, 1.165) is 4.47 Å². The minimum absolute atomic E-state index is 0.0506. The number of hydrazone groups is 1. The van der Waals surface area contributed by atoms with E-state index in [9.17, 15) is 14.4 Å². The highest BCUT2D eigenvalue weighted by molar-refractivity contribution is 9.10. The smallest absolute Gasteiger partial charge is 0.379 e. The van der Waals surface area contributed by atoms with Gasteiger partial charge in [0.25, 0.3) is 0 Å². The normalized spacial score (nSPS) is 10.5. The first-order valence-corrected chi connectivity index (χ1v) is 9.07. The number of benzene rings is 2. The van der Waals surface area contributed by atoms with Gasteiger partial charge in [-0.1, -0.05) is 28.1 Å². The zero-order valence-electron chi connectivity index (χ0n) is 14.8. The molecule has 146 valence electrons. The van der Waals surface area contributed by atoms with E-state index in [0.29, 0.717) is 11.3 Å². The van der Waals surface area contributed by atoms with Gasteiger partial charge in [-0.05, 0) is 48.5 Å². The number of carbonyl (C=O) groups excluding carboxylic acids is 3. The molecule has 0 atom stereocenters. The van der Waals surface area contributed by atoms with E-state index in [1.54, 1.807) is 54.6 Å². The fourth-order valence-electron chi connectivity index (χ4n) is 2.16. The first-order valence-electron chi connectivity index (χ1n) is 8.27. The number of esters is 1. The van der Waals surface area contributed by atoms with Gasteiger partial charge in [0.1, 0.15) is 5.75 Å². The first kappa shape index (κ1) is 20.0. The highest BCUT2D eigenvalue weighted by atomic mass is 79.9. The van der Waals surface area contributed by atoms with Gasteiger partial charge in [-0.2, -0.15) is 5.10 Å². The predicted octanol–water partition coefficient (Wildman–Crippen LogP) is 3.35. The van der Waals surface area contributed by atoms with Crippen LogP contribution in [0.15, 0.2) is 80.9 Å². The third kappa shape index (κ3) is 5.63. The molecule has 0 unspecified atom stereocenters. The molecule has 0 fully saturated rings. The lowest BCUT2D eigenvalue weighted by Crippen LogP contribution is -2.32. The number of amides is 2. The fraction of sp³-hybridized carbons (Fsp3) is 0. The molecule has 0 aliphatic rings. The first-order chi connectivity index (χ1) is 14.0. The Labute approximate surface area is 173 Å². The Kier molecular flexibility index (Phi) is 6.54. The van der Waals surface area contributed by atoms with Crippen molar-refractivity contribution >= 4 is 45.6 Å². The zero-order valence-corrected chi connectivity index (χ0v) is 16.4. The molecule has 3 rings (SSSR count). The maximum atomic E-state index is 12.0. The number of ether oxygens (including phenoxy) is 1. The van der Waals surface area contributed by atoms with Crippen molar-refractivity contribution in [2.24, 2.45) is 5.10 Å². The molecule has 0 bridgehead atoms. The predicted molar refractivity (Wildman–Crippen MR) is 109 cm³/mol. The van der Waals surface area contributed by atoms with Gasteiger partial charge in [-0.15, -0.1) is 0 Å². The Morgan fingerprint density at radius 1 is 0.966 bits per heavy atom. The van der Waals surface area contributed by atoms with Crippen molar-refractivity contribution in [1.29, 1.82) is 0 Å². The number of carbonyl (C=O) groups is 3. The van der Waals surface area contributed by atoms with Crippen molar-refractivity contribution < 1.29 is 23.5 Å². The number of furan rings is 1. The second kappa shape index (κ2) is 9.47. The van der Waals surface area contributed by atoms with Gasteiger partial charge in [0.2, 0.25) is 5.76 Å². The van der Waals surface area contributed by atoms with Crippen molar-refractivity contribution in [1.82, 2.24) is 5.43 Å². The summed E-state index contributed by atoms with van der Waals surface area (Å²) < 4.78 is 11.1. The Morgan fingerprint density at radius 3 is 2.45 bits per heavy atom. The number of nitrogens with zero attached hydrogens (tertiary/aromatic N) is 1. The molecule has 3 aromatic rings. The van der Waals surface area contributed by atoms with Crippen molar-refractivity contribution in [3.63, 3.8) is 0 Å². The van der Waals surface area contributed by atoms with Gasteiger partial charge in [-0.25, -0.2) is 10.2 Å². The third-order valence-electron chi connectivity index (χ3n) is 3.52. The molecule has 1 heterocycles. The van der Waals surface area contributed by atoms with Gasteiger partial charge in [-0.3, -0.25) is 9.59 Å². The molecule has 9 heteroatoms. The van der Waals surface area contributed by atoms with E-state index in [1.807, 2.05) is 0 Å². The van der Waals surface area contributed by atoms with Crippen LogP contribution < -0.4 is 15.5 Å². The maximum absolute atomic E-state index is 12.0. The highest BCUT2D eigenvalue weighted by Crippen LogP contribution is 2.18. The Bertz CT molecular complexity index is 1050. The molecule has 8 nitrogen and oxygen atoms in total. The molecule has 1 aromatic heterocycles. The van der Waals surface area contributed by atoms with Gasteiger partial charge in [0.15, 0.2) is 0 Å². The molecule has 2 N–H and O–H groups in total. The lowest BCUT2D eigenvalue weighted by Gasteiger charge is -2.06. The minimum atomic E-state index is -0.950. The largest absolute Gasteiger partial charge is 0.457 e. The van der Waals surface area contributed by atoms with E-state index < -0.39 is 17.8 Å². The van der Waals surface area contributed by atoms with E-state index in [-0.39, 0.29) is 11.5 Å². The standard InChI is InChI=1S/C20H14BrN3O5/c21-14-7-9-15(10-8-14)23-18(25)19(26)24-22-12-13-4-1-2-5-16(13)29-20(27)17-6-3-11-28-17/h1-12H,(H,23,25)(H,24,26)/b22-12+. The summed E-state index contributed by atoms with van der Waals surface area (Å²) in [6, 6.07) is 16.3. The lowest BCUT2D eigenvalue weighted by molar-refractivity contribution is -0.136.